The number of hydrogen-bond donors (Lipinski definition) is 1. The molecule has 0 aliphatic heterocycles. The summed E-state index contributed by atoms with van der Waals surface area (Å²) < 4.78 is 10.6. The first kappa shape index (κ1) is 20.8. The number of amides is 2. The van der Waals surface area contributed by atoms with Crippen molar-refractivity contribution in [2.45, 2.75) is 12.8 Å². The van der Waals surface area contributed by atoms with Crippen molar-refractivity contribution >= 4 is 17.5 Å². The SMILES string of the molecule is C#Cc1cccc(N(CC(=O)NC)C(=O)CCc2cc(OC)ccc2OC)c1. The van der Waals surface area contributed by atoms with Crippen molar-refractivity contribution < 1.29 is 19.1 Å². The van der Waals surface area contributed by atoms with Crippen molar-refractivity contribution in [1.82, 2.24) is 5.32 Å². The fraction of sp³-hybridized carbons (Fsp3) is 0.273. The number of carbonyl (C=O) groups is 2. The number of methoxy groups -OCH3 is 2. The van der Waals surface area contributed by atoms with Gasteiger partial charge >= 0.3 is 0 Å². The Kier molecular flexibility index (Phi) is 7.46. The van der Waals surface area contributed by atoms with Crippen LogP contribution in [-0.4, -0.2) is 39.6 Å². The third kappa shape index (κ3) is 5.27. The van der Waals surface area contributed by atoms with Gasteiger partial charge in [0.1, 0.15) is 18.0 Å². The van der Waals surface area contributed by atoms with Crippen molar-refractivity contribution in [3.05, 3.63) is 53.6 Å². The van der Waals surface area contributed by atoms with Gasteiger partial charge < -0.3 is 19.7 Å². The molecule has 1 N–H and O–H groups in total. The molecule has 0 saturated heterocycles. The number of carbonyl (C=O) groups excluding carboxylic acids is 2. The molecule has 0 heterocycles. The molecule has 0 radical (unpaired) electrons. The monoisotopic (exact) mass is 380 g/mol. The van der Waals surface area contributed by atoms with Crippen molar-refractivity contribution in [2.75, 3.05) is 32.7 Å². The second-order valence-corrected chi connectivity index (χ2v) is 6.03. The number of anilines is 1. The molecular formula is C22H24N2O4. The molecule has 2 rings (SSSR count). The number of aryl methyl sites for hydroxylation is 1. The normalized spacial score (nSPS) is 9.93. The largest absolute Gasteiger partial charge is 0.497 e. The Morgan fingerprint density at radius 3 is 2.57 bits per heavy atom. The summed E-state index contributed by atoms with van der Waals surface area (Å²) in [6, 6.07) is 12.5. The highest BCUT2D eigenvalue weighted by atomic mass is 16.5. The van der Waals surface area contributed by atoms with Gasteiger partial charge in [0.05, 0.1) is 14.2 Å². The number of nitrogens with one attached hydrogen (secondary N) is 1. The molecule has 2 aromatic carbocycles. The van der Waals surface area contributed by atoms with E-state index in [1.807, 2.05) is 6.07 Å². The van der Waals surface area contributed by atoms with E-state index in [4.69, 9.17) is 15.9 Å². The summed E-state index contributed by atoms with van der Waals surface area (Å²) in [5.74, 6) is 3.46. The smallest absolute Gasteiger partial charge is 0.239 e. The number of nitrogens with zero attached hydrogens (tertiary/aromatic N) is 1. The van der Waals surface area contributed by atoms with E-state index in [2.05, 4.69) is 11.2 Å². The van der Waals surface area contributed by atoms with Crippen LogP contribution in [0.1, 0.15) is 17.5 Å². The van der Waals surface area contributed by atoms with Crippen LogP contribution in [0.4, 0.5) is 5.69 Å². The highest BCUT2D eigenvalue weighted by Crippen LogP contribution is 2.26. The Hall–Kier alpha value is -3.46. The number of likely N-dealkylation sites (N-methyl/N-ethyl adjacent to an activating group) is 1. The Morgan fingerprint density at radius 1 is 1.14 bits per heavy atom. The van der Waals surface area contributed by atoms with Crippen LogP contribution in [0.15, 0.2) is 42.5 Å². The van der Waals surface area contributed by atoms with Gasteiger partial charge in [0.25, 0.3) is 0 Å². The molecule has 28 heavy (non-hydrogen) atoms. The van der Waals surface area contributed by atoms with E-state index in [1.165, 1.54) is 11.9 Å². The summed E-state index contributed by atoms with van der Waals surface area (Å²) in [5, 5.41) is 2.55. The zero-order valence-electron chi connectivity index (χ0n) is 16.3. The van der Waals surface area contributed by atoms with Gasteiger partial charge in [0, 0.05) is 24.7 Å². The number of hydrogen-bond acceptors (Lipinski definition) is 4. The molecule has 6 heteroatoms. The van der Waals surface area contributed by atoms with Gasteiger partial charge in [-0.05, 0) is 48.4 Å². The Morgan fingerprint density at radius 2 is 1.93 bits per heavy atom. The molecule has 0 aliphatic carbocycles. The zero-order valence-corrected chi connectivity index (χ0v) is 16.3. The lowest BCUT2D eigenvalue weighted by atomic mass is 10.1. The van der Waals surface area contributed by atoms with Crippen molar-refractivity contribution in [3.8, 4) is 23.8 Å². The molecule has 0 aliphatic rings. The summed E-state index contributed by atoms with van der Waals surface area (Å²) >= 11 is 0. The predicted molar refractivity (Wildman–Crippen MR) is 109 cm³/mol. The first-order valence-electron chi connectivity index (χ1n) is 8.81. The molecule has 0 bridgehead atoms. The highest BCUT2D eigenvalue weighted by molar-refractivity contribution is 5.98. The fourth-order valence-electron chi connectivity index (χ4n) is 2.76. The predicted octanol–water partition coefficient (Wildman–Crippen LogP) is 2.40. The van der Waals surface area contributed by atoms with Gasteiger partial charge in [-0.15, -0.1) is 6.42 Å². The van der Waals surface area contributed by atoms with E-state index < -0.39 is 0 Å². The van der Waals surface area contributed by atoms with Crippen molar-refractivity contribution in [2.24, 2.45) is 0 Å². The van der Waals surface area contributed by atoms with Gasteiger partial charge in [-0.1, -0.05) is 12.0 Å². The van der Waals surface area contributed by atoms with E-state index >= 15 is 0 Å². The Labute approximate surface area is 165 Å². The number of terminal acetylenes is 1. The topological polar surface area (TPSA) is 67.9 Å². The zero-order chi connectivity index (χ0) is 20.5. The van der Waals surface area contributed by atoms with E-state index in [9.17, 15) is 9.59 Å². The third-order valence-electron chi connectivity index (χ3n) is 4.30. The first-order valence-corrected chi connectivity index (χ1v) is 8.81. The van der Waals surface area contributed by atoms with Crippen LogP contribution >= 0.6 is 0 Å². The molecule has 2 amide bonds. The lowest BCUT2D eigenvalue weighted by Crippen LogP contribution is -2.40. The molecule has 0 atom stereocenters. The van der Waals surface area contributed by atoms with Crippen molar-refractivity contribution in [3.63, 3.8) is 0 Å². The highest BCUT2D eigenvalue weighted by Gasteiger charge is 2.19. The quantitative estimate of drug-likeness (QED) is 0.714. The molecule has 0 saturated carbocycles. The van der Waals surface area contributed by atoms with Crippen molar-refractivity contribution in [1.29, 1.82) is 0 Å². The summed E-state index contributed by atoms with van der Waals surface area (Å²) in [4.78, 5) is 26.3. The first-order chi connectivity index (χ1) is 13.5. The number of ether oxygens (including phenoxy) is 2. The van der Waals surface area contributed by atoms with E-state index in [1.54, 1.807) is 50.6 Å². The minimum Gasteiger partial charge on any atom is -0.497 e. The lowest BCUT2D eigenvalue weighted by molar-refractivity contribution is -0.123. The van der Waals surface area contributed by atoms with Gasteiger partial charge in [-0.2, -0.15) is 0 Å². The van der Waals surface area contributed by atoms with Gasteiger partial charge in [-0.25, -0.2) is 0 Å². The van der Waals surface area contributed by atoms with Crippen LogP contribution in [-0.2, 0) is 16.0 Å². The maximum Gasteiger partial charge on any atom is 0.239 e. The van der Waals surface area contributed by atoms with E-state index in [0.29, 0.717) is 29.2 Å². The summed E-state index contributed by atoms with van der Waals surface area (Å²) in [5.41, 5.74) is 2.08. The second-order valence-electron chi connectivity index (χ2n) is 6.03. The van der Waals surface area contributed by atoms with Gasteiger partial charge in [0.2, 0.25) is 11.8 Å². The standard InChI is InChI=1S/C22H24N2O4/c1-5-16-7-6-8-18(13-16)24(15-21(25)23-2)22(26)12-9-17-14-19(27-3)10-11-20(17)28-4/h1,6-8,10-11,13-14H,9,12,15H2,2-4H3,(H,23,25). The van der Waals surface area contributed by atoms with Crippen LogP contribution in [0.25, 0.3) is 0 Å². The van der Waals surface area contributed by atoms with Crippen LogP contribution in [0, 0.1) is 12.3 Å². The minimum atomic E-state index is -0.265. The van der Waals surface area contributed by atoms with E-state index in [0.717, 1.165) is 5.56 Å². The molecular weight excluding hydrogens is 356 g/mol. The third-order valence-corrected chi connectivity index (χ3v) is 4.30. The van der Waals surface area contributed by atoms with E-state index in [-0.39, 0.29) is 24.8 Å². The summed E-state index contributed by atoms with van der Waals surface area (Å²) in [6.45, 7) is -0.0847. The second kappa shape index (κ2) is 10.0. The molecule has 146 valence electrons. The van der Waals surface area contributed by atoms with Crippen LogP contribution in [0.2, 0.25) is 0 Å². The summed E-state index contributed by atoms with van der Waals surface area (Å²) in [6.07, 6.45) is 6.10. The molecule has 2 aromatic rings. The molecule has 0 fully saturated rings. The van der Waals surface area contributed by atoms with Crippen LogP contribution < -0.4 is 19.7 Å². The Bertz CT molecular complexity index is 886. The summed E-state index contributed by atoms with van der Waals surface area (Å²) in [7, 11) is 4.70. The number of rotatable bonds is 8. The maximum absolute atomic E-state index is 12.9. The molecule has 0 unspecified atom stereocenters. The molecule has 6 nitrogen and oxygen atoms in total. The molecule has 0 aromatic heterocycles. The van der Waals surface area contributed by atoms with Gasteiger partial charge in [-0.3, -0.25) is 9.59 Å². The number of benzene rings is 2. The molecule has 0 spiro atoms. The van der Waals surface area contributed by atoms with Crippen LogP contribution in [0.5, 0.6) is 11.5 Å². The van der Waals surface area contributed by atoms with Gasteiger partial charge in [0.15, 0.2) is 0 Å². The average Bonchev–Trinajstić information content (AvgIpc) is 2.75. The average molecular weight is 380 g/mol. The Balaban J connectivity index is 2.23. The lowest BCUT2D eigenvalue weighted by Gasteiger charge is -2.22. The minimum absolute atomic E-state index is 0.0847. The maximum atomic E-state index is 12.9. The fourth-order valence-corrected chi connectivity index (χ4v) is 2.76. The van der Waals surface area contributed by atoms with Crippen LogP contribution in [0.3, 0.4) is 0 Å².